The summed E-state index contributed by atoms with van der Waals surface area (Å²) in [6.07, 6.45) is 0.560. The lowest BCUT2D eigenvalue weighted by Gasteiger charge is -2.00. The van der Waals surface area contributed by atoms with Crippen LogP contribution < -0.4 is 0 Å². The Bertz CT molecular complexity index is 547. The Labute approximate surface area is 103 Å². The molecular formula is C10H13NO4S2. The van der Waals surface area contributed by atoms with Gasteiger partial charge < -0.3 is 5.11 Å². The summed E-state index contributed by atoms with van der Waals surface area (Å²) < 4.78 is 22.7. The molecule has 0 radical (unpaired) electrons. The highest BCUT2D eigenvalue weighted by molar-refractivity contribution is 7.91. The average Bonchev–Trinajstić information content (AvgIpc) is 2.70. The maximum absolute atomic E-state index is 11.4. The Kier molecular flexibility index (Phi) is 3.22. The monoisotopic (exact) mass is 275 g/mol. The summed E-state index contributed by atoms with van der Waals surface area (Å²) in [5.41, 5.74) is 0.705. The molecule has 94 valence electrons. The van der Waals surface area contributed by atoms with E-state index >= 15 is 0 Å². The Hall–Kier alpha value is -0.950. The predicted octanol–water partition coefficient (Wildman–Crippen LogP) is 0.981. The van der Waals surface area contributed by atoms with Gasteiger partial charge in [0.1, 0.15) is 0 Å². The van der Waals surface area contributed by atoms with Gasteiger partial charge in [0, 0.05) is 10.8 Å². The number of carboxylic acids is 1. The Morgan fingerprint density at radius 3 is 2.82 bits per heavy atom. The smallest absolute Gasteiger partial charge is 0.308 e. The van der Waals surface area contributed by atoms with Crippen molar-refractivity contribution >= 4 is 27.1 Å². The molecule has 0 bridgehead atoms. The minimum absolute atomic E-state index is 0.0387. The zero-order chi connectivity index (χ0) is 12.6. The molecule has 2 heterocycles. The molecule has 1 aromatic rings. The lowest BCUT2D eigenvalue weighted by atomic mass is 10.1. The molecule has 1 atom stereocenters. The summed E-state index contributed by atoms with van der Waals surface area (Å²) in [4.78, 5) is 15.7. The number of thiazole rings is 1. The van der Waals surface area contributed by atoms with Crippen molar-refractivity contribution in [3.05, 3.63) is 15.6 Å². The summed E-state index contributed by atoms with van der Waals surface area (Å²) in [6, 6.07) is 0. The molecule has 0 saturated carbocycles. The van der Waals surface area contributed by atoms with E-state index < -0.39 is 15.8 Å². The van der Waals surface area contributed by atoms with Crippen LogP contribution in [0.25, 0.3) is 0 Å². The van der Waals surface area contributed by atoms with Gasteiger partial charge in [-0.2, -0.15) is 0 Å². The van der Waals surface area contributed by atoms with Gasteiger partial charge in [0.25, 0.3) is 0 Å². The van der Waals surface area contributed by atoms with Crippen LogP contribution in [0.1, 0.15) is 27.9 Å². The topological polar surface area (TPSA) is 84.3 Å². The van der Waals surface area contributed by atoms with Crippen molar-refractivity contribution < 1.29 is 18.3 Å². The summed E-state index contributed by atoms with van der Waals surface area (Å²) in [6.45, 7) is 1.77. The molecule has 0 amide bonds. The van der Waals surface area contributed by atoms with Gasteiger partial charge in [0.2, 0.25) is 0 Å². The second-order valence-corrected chi connectivity index (χ2v) is 7.58. The largest absolute Gasteiger partial charge is 0.481 e. The van der Waals surface area contributed by atoms with E-state index in [1.165, 1.54) is 11.3 Å². The van der Waals surface area contributed by atoms with Crippen LogP contribution in [0.4, 0.5) is 0 Å². The van der Waals surface area contributed by atoms with Crippen LogP contribution in [-0.4, -0.2) is 36.0 Å². The van der Waals surface area contributed by atoms with Crippen LogP contribution in [0.2, 0.25) is 0 Å². The van der Waals surface area contributed by atoms with Crippen molar-refractivity contribution in [1.82, 2.24) is 4.98 Å². The predicted molar refractivity (Wildman–Crippen MR) is 64.2 cm³/mol. The van der Waals surface area contributed by atoms with Crippen molar-refractivity contribution in [3.8, 4) is 0 Å². The van der Waals surface area contributed by atoms with E-state index in [0.717, 1.165) is 9.88 Å². The number of rotatable bonds is 3. The highest BCUT2D eigenvalue weighted by atomic mass is 32.2. The summed E-state index contributed by atoms with van der Waals surface area (Å²) in [7, 11) is -2.92. The van der Waals surface area contributed by atoms with Gasteiger partial charge in [-0.1, -0.05) is 0 Å². The minimum atomic E-state index is -2.92. The standard InChI is InChI=1S/C10H13NO4S2/c1-6-8(4-9(12)13)16-10(11-6)7-2-3-17(14,15)5-7/h7H,2-5H2,1H3,(H,12,13). The third-order valence-corrected chi connectivity index (χ3v) is 5.89. The average molecular weight is 275 g/mol. The third-order valence-electron chi connectivity index (χ3n) is 2.80. The molecule has 1 N–H and O–H groups in total. The first kappa shape index (κ1) is 12.5. The summed E-state index contributed by atoms with van der Waals surface area (Å²) in [5, 5.41) is 9.50. The first-order chi connectivity index (χ1) is 7.87. The molecule has 7 heteroatoms. The van der Waals surface area contributed by atoms with E-state index in [1.54, 1.807) is 6.92 Å². The van der Waals surface area contributed by atoms with E-state index in [9.17, 15) is 13.2 Å². The molecule has 1 saturated heterocycles. The molecular weight excluding hydrogens is 262 g/mol. The van der Waals surface area contributed by atoms with Crippen molar-refractivity contribution in [1.29, 1.82) is 0 Å². The number of nitrogens with zero attached hydrogens (tertiary/aromatic N) is 1. The zero-order valence-corrected chi connectivity index (χ0v) is 11.0. The third kappa shape index (κ3) is 2.84. The molecule has 0 spiro atoms. The zero-order valence-electron chi connectivity index (χ0n) is 9.34. The molecule has 1 aromatic heterocycles. The van der Waals surface area contributed by atoms with Gasteiger partial charge in [-0.15, -0.1) is 11.3 Å². The van der Waals surface area contributed by atoms with Crippen LogP contribution in [0, 0.1) is 6.92 Å². The van der Waals surface area contributed by atoms with E-state index in [4.69, 9.17) is 5.11 Å². The number of hydrogen-bond donors (Lipinski definition) is 1. The van der Waals surface area contributed by atoms with E-state index in [0.29, 0.717) is 12.1 Å². The normalized spacial score (nSPS) is 22.8. The Balaban J connectivity index is 2.21. The lowest BCUT2D eigenvalue weighted by molar-refractivity contribution is -0.136. The van der Waals surface area contributed by atoms with E-state index in [-0.39, 0.29) is 23.8 Å². The number of carboxylic acid groups (broad SMARTS) is 1. The van der Waals surface area contributed by atoms with Gasteiger partial charge in [0.05, 0.1) is 28.6 Å². The van der Waals surface area contributed by atoms with Gasteiger partial charge in [-0.05, 0) is 13.3 Å². The van der Waals surface area contributed by atoms with E-state index in [2.05, 4.69) is 4.98 Å². The van der Waals surface area contributed by atoms with Crippen LogP contribution in [0.5, 0.6) is 0 Å². The molecule has 1 aliphatic heterocycles. The lowest BCUT2D eigenvalue weighted by Crippen LogP contribution is -2.03. The number of hydrogen-bond acceptors (Lipinski definition) is 5. The molecule has 1 fully saturated rings. The molecule has 0 aliphatic carbocycles. The maximum atomic E-state index is 11.4. The van der Waals surface area contributed by atoms with Gasteiger partial charge in [-0.25, -0.2) is 13.4 Å². The number of aliphatic carboxylic acids is 1. The first-order valence-corrected chi connectivity index (χ1v) is 7.89. The van der Waals surface area contributed by atoms with Crippen molar-refractivity contribution in [3.63, 3.8) is 0 Å². The van der Waals surface area contributed by atoms with Crippen molar-refractivity contribution in [2.45, 2.75) is 25.7 Å². The second kappa shape index (κ2) is 4.38. The number of aromatic nitrogens is 1. The van der Waals surface area contributed by atoms with Crippen molar-refractivity contribution in [2.75, 3.05) is 11.5 Å². The van der Waals surface area contributed by atoms with Gasteiger partial charge in [-0.3, -0.25) is 4.79 Å². The molecule has 1 aliphatic rings. The number of aryl methyl sites for hydroxylation is 1. The molecule has 17 heavy (non-hydrogen) atoms. The number of carbonyl (C=O) groups is 1. The second-order valence-electron chi connectivity index (χ2n) is 4.23. The highest BCUT2D eigenvalue weighted by Gasteiger charge is 2.31. The molecule has 0 aromatic carbocycles. The Morgan fingerprint density at radius 1 is 1.59 bits per heavy atom. The van der Waals surface area contributed by atoms with Gasteiger partial charge >= 0.3 is 5.97 Å². The van der Waals surface area contributed by atoms with Crippen molar-refractivity contribution in [2.24, 2.45) is 0 Å². The van der Waals surface area contributed by atoms with Crippen LogP contribution >= 0.6 is 11.3 Å². The van der Waals surface area contributed by atoms with Crippen LogP contribution in [0.15, 0.2) is 0 Å². The summed E-state index contributed by atoms with van der Waals surface area (Å²) >= 11 is 1.33. The fourth-order valence-electron chi connectivity index (χ4n) is 1.92. The van der Waals surface area contributed by atoms with Crippen LogP contribution in [0.3, 0.4) is 0 Å². The molecule has 1 unspecified atom stereocenters. The Morgan fingerprint density at radius 2 is 2.29 bits per heavy atom. The quantitative estimate of drug-likeness (QED) is 0.889. The fourth-order valence-corrected chi connectivity index (χ4v) is 4.96. The summed E-state index contributed by atoms with van der Waals surface area (Å²) in [5.74, 6) is -0.578. The van der Waals surface area contributed by atoms with Crippen LogP contribution in [-0.2, 0) is 21.1 Å². The molecule has 2 rings (SSSR count). The minimum Gasteiger partial charge on any atom is -0.481 e. The first-order valence-electron chi connectivity index (χ1n) is 5.26. The SMILES string of the molecule is Cc1nc(C2CCS(=O)(=O)C2)sc1CC(=O)O. The van der Waals surface area contributed by atoms with Gasteiger partial charge in [0.15, 0.2) is 9.84 Å². The number of sulfone groups is 1. The molecule has 5 nitrogen and oxygen atoms in total. The fraction of sp³-hybridized carbons (Fsp3) is 0.600. The maximum Gasteiger partial charge on any atom is 0.308 e. The highest BCUT2D eigenvalue weighted by Crippen LogP contribution is 2.33. The van der Waals surface area contributed by atoms with E-state index in [1.807, 2.05) is 0 Å².